The Morgan fingerprint density at radius 1 is 1.09 bits per heavy atom. The van der Waals surface area contributed by atoms with Crippen molar-refractivity contribution < 1.29 is 14.6 Å². The Bertz CT molecular complexity index is 1480. The van der Waals surface area contributed by atoms with Gasteiger partial charge < -0.3 is 9.84 Å². The number of carbonyl (C=O) groups is 1. The van der Waals surface area contributed by atoms with Crippen LogP contribution in [0, 0.1) is 5.41 Å². The van der Waals surface area contributed by atoms with Crippen molar-refractivity contribution in [3.63, 3.8) is 0 Å². The zero-order valence-electron chi connectivity index (χ0n) is 20.5. The van der Waals surface area contributed by atoms with Crippen molar-refractivity contribution in [2.45, 2.75) is 45.7 Å². The minimum Gasteiger partial charge on any atom is -0.497 e. The average Bonchev–Trinajstić information content (AvgIpc) is 3.22. The molecule has 35 heavy (non-hydrogen) atoms. The second kappa shape index (κ2) is 8.15. The first kappa shape index (κ1) is 23.0. The molecule has 1 saturated heterocycles. The average molecular weight is 475 g/mol. The van der Waals surface area contributed by atoms with Crippen molar-refractivity contribution in [1.29, 1.82) is 0 Å². The van der Waals surface area contributed by atoms with Gasteiger partial charge in [-0.1, -0.05) is 45.0 Å². The summed E-state index contributed by atoms with van der Waals surface area (Å²) < 4.78 is 8.73. The van der Waals surface area contributed by atoms with Gasteiger partial charge in [-0.3, -0.25) is 14.3 Å². The van der Waals surface area contributed by atoms with Crippen LogP contribution in [0.4, 0.5) is 4.79 Å². The van der Waals surface area contributed by atoms with Crippen molar-refractivity contribution >= 4 is 22.6 Å². The number of rotatable bonds is 3. The van der Waals surface area contributed by atoms with Gasteiger partial charge in [0, 0.05) is 24.2 Å². The van der Waals surface area contributed by atoms with Crippen LogP contribution in [0.5, 0.6) is 5.75 Å². The van der Waals surface area contributed by atoms with Gasteiger partial charge in [0.05, 0.1) is 18.0 Å². The summed E-state index contributed by atoms with van der Waals surface area (Å²) in [5, 5.41) is 15.9. The quantitative estimate of drug-likeness (QED) is 0.442. The molecule has 0 radical (unpaired) electrons. The largest absolute Gasteiger partial charge is 0.497 e. The standard InChI is InChI=1S/C27H30N4O4/c1-26(2,3)27(15-5-6-16-29(27)25(33)34)31-22(32)14-17-30-24(31)23-20(8-7-9-21(23)28-30)18-10-12-19(35-4)13-11-18/h7-14,17H,5-6,15-16H2,1-4H3,(H,33,34). The fourth-order valence-corrected chi connectivity index (χ4v) is 5.70. The van der Waals surface area contributed by atoms with E-state index in [2.05, 4.69) is 0 Å². The van der Waals surface area contributed by atoms with Gasteiger partial charge in [-0.15, -0.1) is 0 Å². The molecule has 182 valence electrons. The van der Waals surface area contributed by atoms with Gasteiger partial charge in [-0.2, -0.15) is 5.10 Å². The fraction of sp³-hybridized carbons (Fsp3) is 0.370. The van der Waals surface area contributed by atoms with E-state index in [1.807, 2.05) is 63.2 Å². The number of likely N-dealkylation sites (tertiary alicyclic amines) is 1. The summed E-state index contributed by atoms with van der Waals surface area (Å²) in [6.07, 6.45) is 2.77. The Labute approximate surface area is 203 Å². The van der Waals surface area contributed by atoms with E-state index >= 15 is 0 Å². The first-order chi connectivity index (χ1) is 16.7. The molecule has 0 spiro atoms. The van der Waals surface area contributed by atoms with Crippen LogP contribution < -0.4 is 10.3 Å². The maximum absolute atomic E-state index is 13.7. The topological polar surface area (TPSA) is 89.1 Å². The predicted octanol–water partition coefficient (Wildman–Crippen LogP) is 5.19. The van der Waals surface area contributed by atoms with Crippen LogP contribution >= 0.6 is 0 Å². The zero-order valence-corrected chi connectivity index (χ0v) is 20.5. The molecule has 1 unspecified atom stereocenters. The third-order valence-corrected chi connectivity index (χ3v) is 7.30. The summed E-state index contributed by atoms with van der Waals surface area (Å²) >= 11 is 0. The van der Waals surface area contributed by atoms with Crippen molar-refractivity contribution in [1.82, 2.24) is 19.1 Å². The molecular formula is C27H30N4O4. The Morgan fingerprint density at radius 2 is 1.83 bits per heavy atom. The van der Waals surface area contributed by atoms with Crippen molar-refractivity contribution in [2.24, 2.45) is 5.41 Å². The molecule has 8 nitrogen and oxygen atoms in total. The summed E-state index contributed by atoms with van der Waals surface area (Å²) in [5.74, 6) is 0.753. The summed E-state index contributed by atoms with van der Waals surface area (Å²) in [4.78, 5) is 27.7. The number of fused-ring (bicyclic) bond motifs is 3. The highest BCUT2D eigenvalue weighted by Gasteiger charge is 2.53. The molecule has 1 atom stereocenters. The molecule has 0 saturated carbocycles. The molecule has 8 heteroatoms. The van der Waals surface area contributed by atoms with Gasteiger partial charge >= 0.3 is 6.09 Å². The SMILES string of the molecule is COc1ccc(-c2cccc3nn4ccc(=O)n(C5(C(C)(C)C)CCCCN5C(=O)O)c4c23)cc1. The van der Waals surface area contributed by atoms with Crippen LogP contribution in [0.1, 0.15) is 40.0 Å². The number of hydrogen-bond donors (Lipinski definition) is 1. The molecule has 1 aliphatic heterocycles. The number of ether oxygens (including phenoxy) is 1. The zero-order chi connectivity index (χ0) is 25.0. The maximum Gasteiger partial charge on any atom is 0.409 e. The van der Waals surface area contributed by atoms with E-state index in [9.17, 15) is 14.7 Å². The van der Waals surface area contributed by atoms with Crippen LogP contribution in [0.3, 0.4) is 0 Å². The van der Waals surface area contributed by atoms with Crippen molar-refractivity contribution in [3.8, 4) is 16.9 Å². The molecule has 3 heterocycles. The number of nitrogens with zero attached hydrogens (tertiary/aromatic N) is 4. The number of carboxylic acid groups (broad SMARTS) is 1. The number of amides is 1. The molecule has 5 rings (SSSR count). The van der Waals surface area contributed by atoms with Crippen LogP contribution in [0.25, 0.3) is 27.7 Å². The van der Waals surface area contributed by atoms with Crippen molar-refractivity contribution in [3.05, 3.63) is 65.1 Å². The Kier molecular flexibility index (Phi) is 5.34. The van der Waals surface area contributed by atoms with E-state index in [4.69, 9.17) is 9.84 Å². The normalized spacial score (nSPS) is 18.8. The summed E-state index contributed by atoms with van der Waals surface area (Å²) in [6, 6.07) is 15.1. The minimum atomic E-state index is -1.07. The third kappa shape index (κ3) is 3.38. The molecule has 1 N–H and O–H groups in total. The summed E-state index contributed by atoms with van der Waals surface area (Å²) in [5.41, 5.74) is 1.33. The fourth-order valence-electron chi connectivity index (χ4n) is 5.70. The van der Waals surface area contributed by atoms with Gasteiger partial charge in [0.25, 0.3) is 5.56 Å². The first-order valence-electron chi connectivity index (χ1n) is 11.9. The predicted molar refractivity (Wildman–Crippen MR) is 135 cm³/mol. The molecule has 0 aliphatic carbocycles. The van der Waals surface area contributed by atoms with Crippen LogP contribution in [0.15, 0.2) is 59.5 Å². The molecule has 2 aromatic heterocycles. The van der Waals surface area contributed by atoms with Gasteiger partial charge in [0.15, 0.2) is 0 Å². The summed E-state index contributed by atoms with van der Waals surface area (Å²) in [7, 11) is 1.63. The summed E-state index contributed by atoms with van der Waals surface area (Å²) in [6.45, 7) is 6.39. The lowest BCUT2D eigenvalue weighted by Gasteiger charge is -2.54. The van der Waals surface area contributed by atoms with Crippen LogP contribution in [-0.2, 0) is 5.66 Å². The van der Waals surface area contributed by atoms with E-state index < -0.39 is 17.2 Å². The number of piperidine rings is 1. The molecule has 0 bridgehead atoms. The molecule has 1 fully saturated rings. The number of benzene rings is 2. The lowest BCUT2D eigenvalue weighted by Crippen LogP contribution is -2.64. The Morgan fingerprint density at radius 3 is 2.49 bits per heavy atom. The highest BCUT2D eigenvalue weighted by Crippen LogP contribution is 2.47. The van der Waals surface area contributed by atoms with E-state index in [1.54, 1.807) is 22.4 Å². The van der Waals surface area contributed by atoms with E-state index in [0.29, 0.717) is 18.6 Å². The van der Waals surface area contributed by atoms with E-state index in [0.717, 1.165) is 40.6 Å². The number of aromatic nitrogens is 3. The second-order valence-electron chi connectivity index (χ2n) is 10.1. The van der Waals surface area contributed by atoms with Gasteiger partial charge in [0.2, 0.25) is 0 Å². The highest BCUT2D eigenvalue weighted by atomic mass is 16.5. The molecule has 1 aliphatic rings. The van der Waals surface area contributed by atoms with Crippen LogP contribution in [0.2, 0.25) is 0 Å². The lowest BCUT2D eigenvalue weighted by atomic mass is 9.73. The van der Waals surface area contributed by atoms with Gasteiger partial charge in [-0.05, 0) is 48.6 Å². The first-order valence-corrected chi connectivity index (χ1v) is 11.9. The third-order valence-electron chi connectivity index (χ3n) is 7.30. The van der Waals surface area contributed by atoms with Crippen molar-refractivity contribution in [2.75, 3.05) is 13.7 Å². The number of hydrogen-bond acceptors (Lipinski definition) is 4. The molecule has 1 amide bonds. The number of methoxy groups -OCH3 is 1. The Hall–Kier alpha value is -3.81. The second-order valence-corrected chi connectivity index (χ2v) is 10.1. The highest BCUT2D eigenvalue weighted by molar-refractivity contribution is 6.04. The van der Waals surface area contributed by atoms with E-state index in [1.165, 1.54) is 11.0 Å². The smallest absolute Gasteiger partial charge is 0.409 e. The van der Waals surface area contributed by atoms with Gasteiger partial charge in [-0.25, -0.2) is 9.31 Å². The monoisotopic (exact) mass is 474 g/mol. The molecule has 4 aromatic rings. The maximum atomic E-state index is 13.7. The lowest BCUT2D eigenvalue weighted by molar-refractivity contribution is -0.0835. The Balaban J connectivity index is 1.93. The van der Waals surface area contributed by atoms with Crippen LogP contribution in [-0.4, -0.2) is 43.9 Å². The molecular weight excluding hydrogens is 444 g/mol. The minimum absolute atomic E-state index is 0.244. The molecule has 2 aromatic carbocycles. The van der Waals surface area contributed by atoms with E-state index in [-0.39, 0.29) is 5.56 Å². The van der Waals surface area contributed by atoms with Gasteiger partial charge in [0.1, 0.15) is 17.1 Å².